The molecule has 1 N–H and O–H groups in total. The lowest BCUT2D eigenvalue weighted by molar-refractivity contribution is -0.145. The van der Waals surface area contributed by atoms with E-state index in [1.807, 2.05) is 24.3 Å². The molecule has 1 heterocycles. The minimum absolute atomic E-state index is 0.0483. The van der Waals surface area contributed by atoms with Crippen LogP contribution in [0.1, 0.15) is 18.1 Å². The summed E-state index contributed by atoms with van der Waals surface area (Å²) in [6.07, 6.45) is 0.326. The molecule has 3 unspecified atom stereocenters. The van der Waals surface area contributed by atoms with Gasteiger partial charge in [0.25, 0.3) is 0 Å². The summed E-state index contributed by atoms with van der Waals surface area (Å²) in [5.41, 5.74) is 1.03. The van der Waals surface area contributed by atoms with Crippen LogP contribution in [0, 0.1) is 11.8 Å². The van der Waals surface area contributed by atoms with Gasteiger partial charge in [0.05, 0.1) is 25.0 Å². The minimum atomic E-state index is -0.869. The summed E-state index contributed by atoms with van der Waals surface area (Å²) in [5.74, 6) is -1.75. The van der Waals surface area contributed by atoms with Crippen molar-refractivity contribution in [1.29, 1.82) is 0 Å². The van der Waals surface area contributed by atoms with Gasteiger partial charge in [0.15, 0.2) is 0 Å². The maximum atomic E-state index is 12.3. The Kier molecular flexibility index (Phi) is 3.99. The van der Waals surface area contributed by atoms with Crippen molar-refractivity contribution in [3.63, 3.8) is 0 Å². The molecule has 0 aromatic heterocycles. The molecule has 1 saturated carbocycles. The van der Waals surface area contributed by atoms with Crippen LogP contribution in [0.5, 0.6) is 0 Å². The van der Waals surface area contributed by atoms with E-state index >= 15 is 0 Å². The van der Waals surface area contributed by atoms with Crippen LogP contribution in [-0.4, -0.2) is 41.6 Å². The van der Waals surface area contributed by atoms with Crippen molar-refractivity contribution in [2.75, 3.05) is 19.7 Å². The van der Waals surface area contributed by atoms with E-state index in [2.05, 4.69) is 15.9 Å². The third kappa shape index (κ3) is 3.11. The van der Waals surface area contributed by atoms with E-state index in [4.69, 9.17) is 9.84 Å². The third-order valence-corrected chi connectivity index (χ3v) is 4.57. The number of hydrogen-bond acceptors (Lipinski definition) is 3. The number of morpholine rings is 1. The molecule has 21 heavy (non-hydrogen) atoms. The van der Waals surface area contributed by atoms with Gasteiger partial charge >= 0.3 is 5.97 Å². The molecule has 6 heteroatoms. The van der Waals surface area contributed by atoms with Gasteiger partial charge in [0, 0.05) is 11.0 Å². The molecule has 1 aromatic carbocycles. The van der Waals surface area contributed by atoms with Gasteiger partial charge in [-0.15, -0.1) is 0 Å². The standard InChI is InChI=1S/C15H16BrNO4/c16-10-3-1-9(2-4-10)13-8-17(5-6-21-13)14(18)11-7-12(11)15(19)20/h1-4,11-13H,5-8H2,(H,19,20). The number of aliphatic carboxylic acids is 1. The van der Waals surface area contributed by atoms with E-state index in [-0.39, 0.29) is 17.9 Å². The van der Waals surface area contributed by atoms with E-state index in [9.17, 15) is 9.59 Å². The van der Waals surface area contributed by atoms with Crippen LogP contribution >= 0.6 is 15.9 Å². The van der Waals surface area contributed by atoms with Gasteiger partial charge < -0.3 is 14.7 Å². The molecule has 2 aliphatic rings. The van der Waals surface area contributed by atoms with Gasteiger partial charge in [0.2, 0.25) is 5.91 Å². The Hall–Kier alpha value is -1.40. The average molecular weight is 354 g/mol. The molecular formula is C15H16BrNO4. The summed E-state index contributed by atoms with van der Waals surface area (Å²) in [6, 6.07) is 7.83. The Morgan fingerprint density at radius 2 is 1.95 bits per heavy atom. The molecule has 112 valence electrons. The molecule has 1 aliphatic carbocycles. The highest BCUT2D eigenvalue weighted by Crippen LogP contribution is 2.40. The van der Waals surface area contributed by atoms with Gasteiger partial charge in [-0.1, -0.05) is 28.1 Å². The molecule has 3 rings (SSSR count). The SMILES string of the molecule is O=C(O)C1CC1C(=O)N1CCOC(c2ccc(Br)cc2)C1. The first-order chi connectivity index (χ1) is 10.1. The van der Waals surface area contributed by atoms with Crippen LogP contribution < -0.4 is 0 Å². The van der Waals surface area contributed by atoms with Crippen molar-refractivity contribution in [3.8, 4) is 0 Å². The maximum Gasteiger partial charge on any atom is 0.307 e. The second-order valence-electron chi connectivity index (χ2n) is 5.48. The van der Waals surface area contributed by atoms with Gasteiger partial charge in [-0.2, -0.15) is 0 Å². The fourth-order valence-electron chi connectivity index (χ4n) is 2.70. The first kappa shape index (κ1) is 14.5. The molecule has 0 spiro atoms. The van der Waals surface area contributed by atoms with Crippen molar-refractivity contribution in [1.82, 2.24) is 4.90 Å². The van der Waals surface area contributed by atoms with Crippen molar-refractivity contribution in [3.05, 3.63) is 34.3 Å². The molecule has 2 fully saturated rings. The fraction of sp³-hybridized carbons (Fsp3) is 0.467. The van der Waals surface area contributed by atoms with Gasteiger partial charge in [0.1, 0.15) is 6.10 Å². The number of carboxylic acids is 1. The Bertz CT molecular complexity index is 559. The number of carbonyl (C=O) groups is 2. The predicted molar refractivity (Wildman–Crippen MR) is 78.6 cm³/mol. The quantitative estimate of drug-likeness (QED) is 0.903. The molecule has 0 radical (unpaired) electrons. The van der Waals surface area contributed by atoms with E-state index in [1.165, 1.54) is 0 Å². The number of halogens is 1. The molecule has 1 aromatic rings. The van der Waals surface area contributed by atoms with Crippen LogP contribution in [0.25, 0.3) is 0 Å². The Morgan fingerprint density at radius 1 is 1.24 bits per heavy atom. The smallest absolute Gasteiger partial charge is 0.307 e. The molecule has 1 amide bonds. The highest BCUT2D eigenvalue weighted by molar-refractivity contribution is 9.10. The van der Waals surface area contributed by atoms with Crippen molar-refractivity contribution in [2.45, 2.75) is 12.5 Å². The maximum absolute atomic E-state index is 12.3. The lowest BCUT2D eigenvalue weighted by Crippen LogP contribution is -2.43. The predicted octanol–water partition coefficient (Wildman–Crippen LogP) is 2.07. The van der Waals surface area contributed by atoms with Crippen LogP contribution in [-0.2, 0) is 14.3 Å². The number of benzene rings is 1. The number of ether oxygens (including phenoxy) is 1. The van der Waals surface area contributed by atoms with E-state index in [1.54, 1.807) is 4.90 Å². The van der Waals surface area contributed by atoms with Crippen LogP contribution in [0.3, 0.4) is 0 Å². The second kappa shape index (κ2) is 5.77. The normalized spacial score (nSPS) is 28.2. The lowest BCUT2D eigenvalue weighted by Gasteiger charge is -2.33. The lowest BCUT2D eigenvalue weighted by atomic mass is 10.1. The molecule has 0 bridgehead atoms. The third-order valence-electron chi connectivity index (χ3n) is 4.04. The van der Waals surface area contributed by atoms with Crippen LogP contribution in [0.2, 0.25) is 0 Å². The van der Waals surface area contributed by atoms with E-state index in [0.717, 1.165) is 10.0 Å². The topological polar surface area (TPSA) is 66.8 Å². The summed E-state index contributed by atoms with van der Waals surface area (Å²) in [7, 11) is 0. The summed E-state index contributed by atoms with van der Waals surface area (Å²) < 4.78 is 6.73. The second-order valence-corrected chi connectivity index (χ2v) is 6.40. The number of amides is 1. The van der Waals surface area contributed by atoms with Gasteiger partial charge in [-0.3, -0.25) is 9.59 Å². The zero-order valence-electron chi connectivity index (χ0n) is 11.4. The summed E-state index contributed by atoms with van der Waals surface area (Å²) in [4.78, 5) is 24.9. The average Bonchev–Trinajstić information content (AvgIpc) is 3.28. The summed E-state index contributed by atoms with van der Waals surface area (Å²) in [5, 5.41) is 8.93. The van der Waals surface area contributed by atoms with E-state index in [0.29, 0.717) is 26.1 Å². The molecule has 1 saturated heterocycles. The zero-order chi connectivity index (χ0) is 15.0. The first-order valence-electron chi connectivity index (χ1n) is 6.95. The fourth-order valence-corrected chi connectivity index (χ4v) is 2.97. The number of carboxylic acid groups (broad SMARTS) is 1. The first-order valence-corrected chi connectivity index (χ1v) is 7.74. The largest absolute Gasteiger partial charge is 0.481 e. The number of hydrogen-bond donors (Lipinski definition) is 1. The summed E-state index contributed by atoms with van der Waals surface area (Å²) >= 11 is 3.39. The van der Waals surface area contributed by atoms with Crippen LogP contribution in [0.4, 0.5) is 0 Å². The zero-order valence-corrected chi connectivity index (χ0v) is 13.0. The Labute approximate surface area is 131 Å². The molecular weight excluding hydrogens is 338 g/mol. The van der Waals surface area contributed by atoms with Crippen molar-refractivity contribution >= 4 is 27.8 Å². The molecule has 3 atom stereocenters. The molecule has 5 nitrogen and oxygen atoms in total. The molecule has 1 aliphatic heterocycles. The van der Waals surface area contributed by atoms with Gasteiger partial charge in [-0.25, -0.2) is 0 Å². The Balaban J connectivity index is 1.65. The van der Waals surface area contributed by atoms with Crippen LogP contribution in [0.15, 0.2) is 28.7 Å². The van der Waals surface area contributed by atoms with E-state index < -0.39 is 11.9 Å². The minimum Gasteiger partial charge on any atom is -0.481 e. The monoisotopic (exact) mass is 353 g/mol. The summed E-state index contributed by atoms with van der Waals surface area (Å²) in [6.45, 7) is 1.51. The number of nitrogens with zero attached hydrogens (tertiary/aromatic N) is 1. The number of rotatable bonds is 3. The highest BCUT2D eigenvalue weighted by Gasteiger charge is 2.50. The van der Waals surface area contributed by atoms with Gasteiger partial charge in [-0.05, 0) is 24.1 Å². The number of carbonyl (C=O) groups excluding carboxylic acids is 1. The van der Waals surface area contributed by atoms with Crippen molar-refractivity contribution in [2.24, 2.45) is 11.8 Å². The Morgan fingerprint density at radius 3 is 2.57 bits per heavy atom. The highest BCUT2D eigenvalue weighted by atomic mass is 79.9. The van der Waals surface area contributed by atoms with Crippen molar-refractivity contribution < 1.29 is 19.4 Å².